The van der Waals surface area contributed by atoms with Gasteiger partial charge in [0.15, 0.2) is 5.82 Å². The smallest absolute Gasteiger partial charge is 0.244 e. The molecule has 1 aromatic heterocycles. The third-order valence-electron chi connectivity index (χ3n) is 7.96. The van der Waals surface area contributed by atoms with Crippen molar-refractivity contribution in [3.05, 3.63) is 58.7 Å². The monoisotopic (exact) mass is 599 g/mol. The number of hydrogen-bond acceptors (Lipinski definition) is 9. The lowest BCUT2D eigenvalue weighted by atomic mass is 10.0. The molecule has 3 aromatic rings. The first-order valence-corrected chi connectivity index (χ1v) is 15.7. The Morgan fingerprint density at radius 2 is 1.68 bits per heavy atom. The van der Waals surface area contributed by atoms with Gasteiger partial charge in [-0.15, -0.1) is 0 Å². The second-order valence-corrected chi connectivity index (χ2v) is 13.3. The highest BCUT2D eigenvalue weighted by atomic mass is 35.5. The number of benzene rings is 2. The number of likely N-dealkylation sites (N-methyl/N-ethyl adjacent to an activating group) is 1. The predicted octanol–water partition coefficient (Wildman–Crippen LogP) is 4.37. The van der Waals surface area contributed by atoms with E-state index in [4.69, 9.17) is 16.3 Å². The molecule has 1 aliphatic heterocycles. The molecule has 1 saturated heterocycles. The van der Waals surface area contributed by atoms with Crippen molar-refractivity contribution in [3.8, 4) is 5.75 Å². The maximum Gasteiger partial charge on any atom is 0.244 e. The lowest BCUT2D eigenvalue weighted by Crippen LogP contribution is -2.49. The van der Waals surface area contributed by atoms with Crippen molar-refractivity contribution in [1.82, 2.24) is 24.1 Å². The number of para-hydroxylation sites is 1. The zero-order valence-electron chi connectivity index (χ0n) is 24.0. The standard InChI is InChI=1S/C29H38ClN7O3S/c1-35(2)41(38,39)27-8-6-5-7-24(27)32-28-23(30)19-31-29(34-28)33-25-17-20-9-11-22(37-15-13-36(3)14-16-37)12-10-21(20)18-26(25)40-4/h5-8,17-19,22H,9-16H2,1-4H3,(H2,31,32,33,34). The average Bonchev–Trinajstić information content (AvgIpc) is 3.17. The van der Waals surface area contributed by atoms with Gasteiger partial charge in [0, 0.05) is 46.3 Å². The summed E-state index contributed by atoms with van der Waals surface area (Å²) in [7, 11) is 3.15. The summed E-state index contributed by atoms with van der Waals surface area (Å²) in [6.07, 6.45) is 5.77. The van der Waals surface area contributed by atoms with Crippen LogP contribution in [0.1, 0.15) is 24.0 Å². The number of aryl methyl sites for hydroxylation is 2. The van der Waals surface area contributed by atoms with Gasteiger partial charge in [-0.1, -0.05) is 23.7 Å². The Kier molecular flexibility index (Phi) is 9.00. The van der Waals surface area contributed by atoms with Gasteiger partial charge in [-0.2, -0.15) is 4.98 Å². The molecule has 1 fully saturated rings. The molecule has 0 spiro atoms. The summed E-state index contributed by atoms with van der Waals surface area (Å²) in [4.78, 5) is 14.1. The van der Waals surface area contributed by atoms with Gasteiger partial charge in [0.05, 0.1) is 24.7 Å². The molecule has 2 aromatic carbocycles. The Morgan fingerprint density at radius 1 is 1.00 bits per heavy atom. The largest absolute Gasteiger partial charge is 0.495 e. The van der Waals surface area contributed by atoms with Crippen LogP contribution in [0.25, 0.3) is 0 Å². The first-order valence-electron chi connectivity index (χ1n) is 13.9. The van der Waals surface area contributed by atoms with Crippen LogP contribution in [0.4, 0.5) is 23.1 Å². The minimum Gasteiger partial charge on any atom is -0.495 e. The van der Waals surface area contributed by atoms with Crippen LogP contribution in [0, 0.1) is 0 Å². The van der Waals surface area contributed by atoms with E-state index >= 15 is 0 Å². The Morgan fingerprint density at radius 3 is 2.37 bits per heavy atom. The van der Waals surface area contributed by atoms with E-state index in [0.717, 1.165) is 63.3 Å². The van der Waals surface area contributed by atoms with E-state index in [-0.39, 0.29) is 15.7 Å². The van der Waals surface area contributed by atoms with Crippen LogP contribution in [0.2, 0.25) is 5.02 Å². The van der Waals surface area contributed by atoms with Crippen LogP contribution < -0.4 is 15.4 Å². The summed E-state index contributed by atoms with van der Waals surface area (Å²) in [5.74, 6) is 1.32. The van der Waals surface area contributed by atoms with Crippen LogP contribution >= 0.6 is 11.6 Å². The fourth-order valence-electron chi connectivity index (χ4n) is 5.49. The molecule has 1 unspecified atom stereocenters. The molecule has 12 heteroatoms. The molecular formula is C29H38ClN7O3S. The Hall–Kier alpha value is -2.96. The lowest BCUT2D eigenvalue weighted by molar-refractivity contribution is 0.104. The number of nitrogens with one attached hydrogen (secondary N) is 2. The fraction of sp³-hybridized carbons (Fsp3) is 0.448. The zero-order valence-corrected chi connectivity index (χ0v) is 25.6. The molecule has 5 rings (SSSR count). The van der Waals surface area contributed by atoms with E-state index in [0.29, 0.717) is 17.7 Å². The van der Waals surface area contributed by atoms with Crippen LogP contribution in [0.3, 0.4) is 0 Å². The minimum atomic E-state index is -3.69. The number of fused-ring (bicyclic) bond motifs is 1. The van der Waals surface area contributed by atoms with Crippen LogP contribution in [0.5, 0.6) is 5.75 Å². The second-order valence-electron chi connectivity index (χ2n) is 10.8. The van der Waals surface area contributed by atoms with E-state index in [1.54, 1.807) is 31.4 Å². The highest BCUT2D eigenvalue weighted by Gasteiger charge is 2.26. The molecular weight excluding hydrogens is 562 g/mol. The van der Waals surface area contributed by atoms with Crippen LogP contribution in [-0.4, -0.2) is 93.0 Å². The van der Waals surface area contributed by atoms with Crippen molar-refractivity contribution in [2.24, 2.45) is 0 Å². The molecule has 220 valence electrons. The third-order valence-corrected chi connectivity index (χ3v) is 10.1. The SMILES string of the molecule is COc1cc2c(cc1Nc1ncc(Cl)c(Nc3ccccc3S(=O)(=O)N(C)C)n1)CCC(N1CCN(C)CC1)CC2. The Labute approximate surface area is 247 Å². The average molecular weight is 600 g/mol. The highest BCUT2D eigenvalue weighted by molar-refractivity contribution is 7.89. The van der Waals surface area contributed by atoms with Crippen LogP contribution in [-0.2, 0) is 22.9 Å². The Balaban J connectivity index is 1.37. The van der Waals surface area contributed by atoms with E-state index in [1.807, 2.05) is 0 Å². The molecule has 10 nitrogen and oxygen atoms in total. The molecule has 41 heavy (non-hydrogen) atoms. The number of sulfonamides is 1. The molecule has 0 radical (unpaired) electrons. The summed E-state index contributed by atoms with van der Waals surface area (Å²) >= 11 is 6.43. The van der Waals surface area contributed by atoms with Crippen LogP contribution in [0.15, 0.2) is 47.5 Å². The van der Waals surface area contributed by atoms with E-state index < -0.39 is 10.0 Å². The summed E-state index contributed by atoms with van der Waals surface area (Å²) in [5, 5.41) is 6.65. The van der Waals surface area contributed by atoms with Gasteiger partial charge in [-0.25, -0.2) is 17.7 Å². The maximum absolute atomic E-state index is 12.9. The van der Waals surface area contributed by atoms with Gasteiger partial charge < -0.3 is 20.3 Å². The number of halogens is 1. The molecule has 0 saturated carbocycles. The molecule has 2 N–H and O–H groups in total. The van der Waals surface area contributed by atoms with Gasteiger partial charge >= 0.3 is 0 Å². The number of hydrogen-bond donors (Lipinski definition) is 2. The van der Waals surface area contributed by atoms with Gasteiger partial charge in [-0.05, 0) is 68.1 Å². The van der Waals surface area contributed by atoms with Gasteiger partial charge in [0.25, 0.3) is 0 Å². The quantitative estimate of drug-likeness (QED) is 0.365. The van der Waals surface area contributed by atoms with Gasteiger partial charge in [0.2, 0.25) is 16.0 Å². The number of anilines is 4. The molecule has 1 aliphatic carbocycles. The second kappa shape index (κ2) is 12.5. The normalized spacial score (nSPS) is 18.5. The van der Waals surface area contributed by atoms with Crippen molar-refractivity contribution in [2.75, 3.05) is 65.1 Å². The highest BCUT2D eigenvalue weighted by Crippen LogP contribution is 2.35. The first kappa shape index (κ1) is 29.5. The third kappa shape index (κ3) is 6.60. The molecule has 2 heterocycles. The van der Waals surface area contributed by atoms with E-state index in [1.165, 1.54) is 35.7 Å². The van der Waals surface area contributed by atoms with Crippen molar-refractivity contribution in [3.63, 3.8) is 0 Å². The predicted molar refractivity (Wildman–Crippen MR) is 163 cm³/mol. The molecule has 0 amide bonds. The first-order chi connectivity index (χ1) is 19.7. The molecule has 2 aliphatic rings. The topological polar surface area (TPSA) is 103 Å². The number of aromatic nitrogens is 2. The lowest BCUT2D eigenvalue weighted by Gasteiger charge is -2.37. The van der Waals surface area contributed by atoms with Crippen molar-refractivity contribution in [1.29, 1.82) is 0 Å². The fourth-order valence-corrected chi connectivity index (χ4v) is 6.67. The number of nitrogens with zero attached hydrogens (tertiary/aromatic N) is 5. The van der Waals surface area contributed by atoms with Gasteiger partial charge in [-0.3, -0.25) is 4.90 Å². The zero-order chi connectivity index (χ0) is 29.1. The Bertz CT molecular complexity index is 1490. The minimum absolute atomic E-state index is 0.122. The number of rotatable bonds is 8. The van der Waals surface area contributed by atoms with Crippen molar-refractivity contribution in [2.45, 2.75) is 36.6 Å². The molecule has 0 bridgehead atoms. The number of ether oxygens (including phenoxy) is 1. The van der Waals surface area contributed by atoms with Crippen molar-refractivity contribution < 1.29 is 13.2 Å². The molecule has 1 atom stereocenters. The summed E-state index contributed by atoms with van der Waals surface area (Å²) in [5.41, 5.74) is 3.76. The number of piperazine rings is 1. The summed E-state index contributed by atoms with van der Waals surface area (Å²) in [6.45, 7) is 4.51. The summed E-state index contributed by atoms with van der Waals surface area (Å²) in [6, 6.07) is 11.5. The summed E-state index contributed by atoms with van der Waals surface area (Å²) < 4.78 is 32.6. The van der Waals surface area contributed by atoms with E-state index in [2.05, 4.69) is 49.6 Å². The van der Waals surface area contributed by atoms with E-state index in [9.17, 15) is 8.42 Å². The van der Waals surface area contributed by atoms with Gasteiger partial charge in [0.1, 0.15) is 15.7 Å². The number of methoxy groups -OCH3 is 1. The van der Waals surface area contributed by atoms with Crippen molar-refractivity contribution >= 4 is 44.8 Å². The maximum atomic E-state index is 12.9.